The highest BCUT2D eigenvalue weighted by Gasteiger charge is 2.20. The van der Waals surface area contributed by atoms with Crippen molar-refractivity contribution < 1.29 is 0 Å². The molecule has 1 radical (unpaired) electrons. The predicted octanol–water partition coefficient (Wildman–Crippen LogP) is 6.56. The standard InChI is InChI=1S/C22H27/c1-2-3-4-5-6-7-8-12-18-14-11-16-21-20-15-10-9-13-19(20)17-22(18)21/h9-11,13-17H,2-8,12H2,1H3. The molecule has 0 aliphatic heterocycles. The van der Waals surface area contributed by atoms with E-state index in [4.69, 9.17) is 0 Å². The highest BCUT2D eigenvalue weighted by atomic mass is 14.2. The van der Waals surface area contributed by atoms with E-state index in [2.05, 4.69) is 55.8 Å². The lowest BCUT2D eigenvalue weighted by Gasteiger charge is -2.08. The second-order valence-electron chi connectivity index (χ2n) is 6.48. The van der Waals surface area contributed by atoms with Gasteiger partial charge in [0.1, 0.15) is 0 Å². The summed E-state index contributed by atoms with van der Waals surface area (Å²) in [6.07, 6.45) is 13.3. The van der Waals surface area contributed by atoms with E-state index in [0.717, 1.165) is 0 Å². The molecule has 0 saturated heterocycles. The van der Waals surface area contributed by atoms with Gasteiger partial charge in [0.2, 0.25) is 0 Å². The summed E-state index contributed by atoms with van der Waals surface area (Å²) < 4.78 is 0. The molecule has 0 atom stereocenters. The van der Waals surface area contributed by atoms with Crippen LogP contribution >= 0.6 is 0 Å². The summed E-state index contributed by atoms with van der Waals surface area (Å²) in [5.74, 6) is 0. The Labute approximate surface area is 135 Å². The van der Waals surface area contributed by atoms with Crippen molar-refractivity contribution in [2.24, 2.45) is 0 Å². The van der Waals surface area contributed by atoms with Crippen LogP contribution in [0, 0.1) is 6.42 Å². The first-order valence-electron chi connectivity index (χ1n) is 8.96. The first-order valence-corrected chi connectivity index (χ1v) is 8.96. The number of unbranched alkanes of at least 4 members (excludes halogenated alkanes) is 6. The van der Waals surface area contributed by atoms with E-state index in [1.165, 1.54) is 79.2 Å². The maximum absolute atomic E-state index is 2.38. The zero-order chi connectivity index (χ0) is 15.2. The zero-order valence-electron chi connectivity index (χ0n) is 13.8. The number of fused-ring (bicyclic) bond motifs is 3. The Morgan fingerprint density at radius 2 is 1.41 bits per heavy atom. The van der Waals surface area contributed by atoms with E-state index < -0.39 is 0 Å². The Hall–Kier alpha value is -1.56. The van der Waals surface area contributed by atoms with Crippen molar-refractivity contribution in [1.82, 2.24) is 0 Å². The second kappa shape index (κ2) is 7.63. The first-order chi connectivity index (χ1) is 10.9. The molecule has 2 aromatic carbocycles. The van der Waals surface area contributed by atoms with Gasteiger partial charge in [0.25, 0.3) is 0 Å². The Morgan fingerprint density at radius 1 is 0.682 bits per heavy atom. The summed E-state index contributed by atoms with van der Waals surface area (Å²) in [5.41, 5.74) is 7.21. The fourth-order valence-electron chi connectivity index (χ4n) is 3.53. The summed E-state index contributed by atoms with van der Waals surface area (Å²) in [6.45, 7) is 2.28. The van der Waals surface area contributed by atoms with E-state index in [1.807, 2.05) is 0 Å². The Morgan fingerprint density at radius 3 is 2.27 bits per heavy atom. The second-order valence-corrected chi connectivity index (χ2v) is 6.48. The molecular weight excluding hydrogens is 264 g/mol. The quantitative estimate of drug-likeness (QED) is 0.412. The number of hydrogen-bond donors (Lipinski definition) is 0. The molecule has 115 valence electrons. The number of hydrogen-bond acceptors (Lipinski definition) is 0. The molecule has 0 fully saturated rings. The Kier molecular flexibility index (Phi) is 5.32. The van der Waals surface area contributed by atoms with Gasteiger partial charge >= 0.3 is 0 Å². The molecule has 0 spiro atoms. The van der Waals surface area contributed by atoms with Crippen molar-refractivity contribution in [3.8, 4) is 11.1 Å². The molecule has 0 heterocycles. The van der Waals surface area contributed by atoms with Crippen LogP contribution < -0.4 is 0 Å². The zero-order valence-corrected chi connectivity index (χ0v) is 13.8. The van der Waals surface area contributed by atoms with Crippen LogP contribution in [-0.4, -0.2) is 0 Å². The largest absolute Gasteiger partial charge is 0.0654 e. The maximum atomic E-state index is 2.38. The molecule has 0 nitrogen and oxygen atoms in total. The summed E-state index contributed by atoms with van der Waals surface area (Å²) in [6, 6.07) is 15.6. The molecule has 0 bridgehead atoms. The molecule has 22 heavy (non-hydrogen) atoms. The minimum absolute atomic E-state index is 1.22. The smallest absolute Gasteiger partial charge is 0.0214 e. The molecule has 2 aromatic rings. The molecule has 0 amide bonds. The van der Waals surface area contributed by atoms with Gasteiger partial charge in [-0.15, -0.1) is 0 Å². The van der Waals surface area contributed by atoms with Gasteiger partial charge in [-0.1, -0.05) is 87.9 Å². The average molecular weight is 291 g/mol. The van der Waals surface area contributed by atoms with Crippen LogP contribution in [0.3, 0.4) is 0 Å². The Balaban J connectivity index is 1.56. The third kappa shape index (κ3) is 3.43. The van der Waals surface area contributed by atoms with Crippen molar-refractivity contribution in [1.29, 1.82) is 0 Å². The highest BCUT2D eigenvalue weighted by molar-refractivity contribution is 5.82. The van der Waals surface area contributed by atoms with E-state index in [-0.39, 0.29) is 0 Å². The van der Waals surface area contributed by atoms with Crippen LogP contribution in [-0.2, 0) is 6.42 Å². The molecule has 0 aromatic heterocycles. The molecule has 1 aliphatic carbocycles. The first kappa shape index (κ1) is 15.3. The van der Waals surface area contributed by atoms with Crippen LogP contribution in [0.25, 0.3) is 11.1 Å². The molecule has 0 saturated carbocycles. The van der Waals surface area contributed by atoms with Crippen LogP contribution in [0.4, 0.5) is 0 Å². The fourth-order valence-corrected chi connectivity index (χ4v) is 3.53. The van der Waals surface area contributed by atoms with E-state index in [9.17, 15) is 0 Å². The molecule has 0 unspecified atom stereocenters. The fraction of sp³-hybridized carbons (Fsp3) is 0.409. The van der Waals surface area contributed by atoms with Gasteiger partial charge in [0.15, 0.2) is 0 Å². The van der Waals surface area contributed by atoms with Crippen molar-refractivity contribution in [3.63, 3.8) is 0 Å². The van der Waals surface area contributed by atoms with Crippen molar-refractivity contribution >= 4 is 0 Å². The normalized spacial score (nSPS) is 12.2. The summed E-state index contributed by atoms with van der Waals surface area (Å²) >= 11 is 0. The number of aryl methyl sites for hydroxylation is 1. The van der Waals surface area contributed by atoms with Gasteiger partial charge in [-0.2, -0.15) is 0 Å². The van der Waals surface area contributed by atoms with Crippen LogP contribution in [0.5, 0.6) is 0 Å². The monoisotopic (exact) mass is 291 g/mol. The van der Waals surface area contributed by atoms with E-state index >= 15 is 0 Å². The van der Waals surface area contributed by atoms with Gasteiger partial charge in [0.05, 0.1) is 0 Å². The Bertz CT molecular complexity index is 609. The summed E-state index contributed by atoms with van der Waals surface area (Å²) in [4.78, 5) is 0. The third-order valence-corrected chi connectivity index (χ3v) is 4.80. The van der Waals surface area contributed by atoms with Crippen LogP contribution in [0.1, 0.15) is 68.6 Å². The third-order valence-electron chi connectivity index (χ3n) is 4.80. The molecule has 0 heteroatoms. The highest BCUT2D eigenvalue weighted by Crippen LogP contribution is 2.39. The van der Waals surface area contributed by atoms with Gasteiger partial charge in [0, 0.05) is 6.42 Å². The minimum Gasteiger partial charge on any atom is -0.0654 e. The number of rotatable bonds is 8. The molecular formula is C22H27. The summed E-state index contributed by atoms with van der Waals surface area (Å²) in [5, 5.41) is 0. The predicted molar refractivity (Wildman–Crippen MR) is 96.1 cm³/mol. The van der Waals surface area contributed by atoms with E-state index in [1.54, 1.807) is 0 Å². The van der Waals surface area contributed by atoms with Crippen LogP contribution in [0.15, 0.2) is 42.5 Å². The molecule has 0 N–H and O–H groups in total. The SMILES string of the molecule is CCCCCCCCCc1cccc2c1[CH]c1ccccc1-2. The van der Waals surface area contributed by atoms with Crippen LogP contribution in [0.2, 0.25) is 0 Å². The van der Waals surface area contributed by atoms with Gasteiger partial charge in [-0.25, -0.2) is 0 Å². The summed E-state index contributed by atoms with van der Waals surface area (Å²) in [7, 11) is 0. The average Bonchev–Trinajstić information content (AvgIpc) is 2.93. The lowest BCUT2D eigenvalue weighted by Crippen LogP contribution is -1.92. The number of benzene rings is 2. The lowest BCUT2D eigenvalue weighted by atomic mass is 9.96. The maximum Gasteiger partial charge on any atom is 0.0214 e. The topological polar surface area (TPSA) is 0 Å². The minimum atomic E-state index is 1.22. The lowest BCUT2D eigenvalue weighted by molar-refractivity contribution is 0.589. The van der Waals surface area contributed by atoms with Gasteiger partial charge < -0.3 is 0 Å². The van der Waals surface area contributed by atoms with Crippen molar-refractivity contribution in [2.45, 2.75) is 58.3 Å². The van der Waals surface area contributed by atoms with Crippen molar-refractivity contribution in [2.75, 3.05) is 0 Å². The molecule has 1 aliphatic rings. The van der Waals surface area contributed by atoms with E-state index in [0.29, 0.717) is 0 Å². The molecule has 3 rings (SSSR count). The van der Waals surface area contributed by atoms with Crippen molar-refractivity contribution in [3.05, 3.63) is 65.6 Å². The van der Waals surface area contributed by atoms with Gasteiger partial charge in [-0.3, -0.25) is 0 Å². The van der Waals surface area contributed by atoms with Gasteiger partial charge in [-0.05, 0) is 40.7 Å².